The third-order valence-electron chi connectivity index (χ3n) is 1.88. The van der Waals surface area contributed by atoms with Gasteiger partial charge in [-0.2, -0.15) is 8.42 Å². The molecule has 6 heteroatoms. The highest BCUT2D eigenvalue weighted by molar-refractivity contribution is 7.85. The minimum atomic E-state index is -4.21. The van der Waals surface area contributed by atoms with E-state index < -0.39 is 10.1 Å². The molecule has 1 aromatic heterocycles. The molecule has 0 fully saturated rings. The van der Waals surface area contributed by atoms with Crippen molar-refractivity contribution in [2.24, 2.45) is 0 Å². The molecule has 0 aliphatic rings. The van der Waals surface area contributed by atoms with Crippen LogP contribution in [0.15, 0.2) is 41.6 Å². The molecule has 15 heavy (non-hydrogen) atoms. The summed E-state index contributed by atoms with van der Waals surface area (Å²) in [6.45, 7) is 0. The summed E-state index contributed by atoms with van der Waals surface area (Å²) in [5.74, 6) is 0.406. The molecule has 1 heterocycles. The van der Waals surface area contributed by atoms with E-state index >= 15 is 0 Å². The lowest BCUT2D eigenvalue weighted by Gasteiger charge is -1.94. The van der Waals surface area contributed by atoms with Crippen molar-refractivity contribution in [1.29, 1.82) is 0 Å². The van der Waals surface area contributed by atoms with E-state index in [1.807, 2.05) is 18.2 Å². The van der Waals surface area contributed by atoms with Crippen LogP contribution in [-0.2, 0) is 10.1 Å². The second kappa shape index (κ2) is 3.48. The van der Waals surface area contributed by atoms with E-state index in [0.717, 1.165) is 11.8 Å². The molecule has 78 valence electrons. The lowest BCUT2D eigenvalue weighted by atomic mass is 10.2. The van der Waals surface area contributed by atoms with Crippen molar-refractivity contribution in [2.45, 2.75) is 5.03 Å². The first-order valence-electron chi connectivity index (χ1n) is 4.15. The summed E-state index contributed by atoms with van der Waals surface area (Å²) in [6, 6.07) is 9.03. The summed E-state index contributed by atoms with van der Waals surface area (Å²) in [7, 11) is -4.21. The quantitative estimate of drug-likeness (QED) is 0.754. The Balaban J connectivity index is 2.46. The van der Waals surface area contributed by atoms with Crippen LogP contribution in [-0.4, -0.2) is 22.9 Å². The van der Waals surface area contributed by atoms with Gasteiger partial charge in [0.05, 0.1) is 6.20 Å². The van der Waals surface area contributed by atoms with E-state index in [1.54, 1.807) is 12.1 Å². The first-order valence-corrected chi connectivity index (χ1v) is 5.59. The zero-order valence-electron chi connectivity index (χ0n) is 7.58. The highest BCUT2D eigenvalue weighted by atomic mass is 32.2. The van der Waals surface area contributed by atoms with Crippen LogP contribution in [0.1, 0.15) is 0 Å². The standard InChI is InChI=1S/C9H8N2O3S/c12-15(13,14)8-6-10-9(11-8)7-4-2-1-3-5-7/h1-6H,(H,10,11)(H,12,13,14). The minimum absolute atomic E-state index is 0.304. The first-order chi connectivity index (χ1) is 7.07. The third-order valence-corrected chi connectivity index (χ3v) is 2.64. The molecule has 2 aromatic rings. The normalized spacial score (nSPS) is 11.5. The predicted octanol–water partition coefficient (Wildman–Crippen LogP) is 1.32. The number of rotatable bonds is 2. The molecule has 0 amide bonds. The fraction of sp³-hybridized carbons (Fsp3) is 0. The van der Waals surface area contributed by atoms with Gasteiger partial charge in [0.2, 0.25) is 0 Å². The molecule has 0 radical (unpaired) electrons. The lowest BCUT2D eigenvalue weighted by molar-refractivity contribution is 0.480. The Morgan fingerprint density at radius 3 is 2.40 bits per heavy atom. The number of nitrogens with one attached hydrogen (secondary N) is 1. The molecule has 5 nitrogen and oxygen atoms in total. The Morgan fingerprint density at radius 1 is 1.20 bits per heavy atom. The number of hydrogen-bond donors (Lipinski definition) is 2. The van der Waals surface area contributed by atoms with E-state index in [1.165, 1.54) is 0 Å². The number of aromatic nitrogens is 2. The van der Waals surface area contributed by atoms with Crippen LogP contribution < -0.4 is 0 Å². The van der Waals surface area contributed by atoms with E-state index in [0.29, 0.717) is 5.82 Å². The molecule has 0 atom stereocenters. The molecule has 2 rings (SSSR count). The van der Waals surface area contributed by atoms with Crippen LogP contribution in [0.3, 0.4) is 0 Å². The van der Waals surface area contributed by atoms with Crippen LogP contribution in [0.25, 0.3) is 11.4 Å². The van der Waals surface area contributed by atoms with Crippen LogP contribution >= 0.6 is 0 Å². The van der Waals surface area contributed by atoms with Gasteiger partial charge in [0.25, 0.3) is 0 Å². The molecular formula is C9H8N2O3S. The smallest absolute Gasteiger partial charge is 0.311 e. The lowest BCUT2D eigenvalue weighted by Crippen LogP contribution is -1.97. The molecule has 0 saturated carbocycles. The van der Waals surface area contributed by atoms with Crippen LogP contribution in [0, 0.1) is 0 Å². The Labute approximate surface area is 86.5 Å². The van der Waals surface area contributed by atoms with Gasteiger partial charge < -0.3 is 4.98 Å². The average molecular weight is 224 g/mol. The van der Waals surface area contributed by atoms with Gasteiger partial charge in [-0.3, -0.25) is 4.55 Å². The Bertz CT molecular complexity index is 560. The molecular weight excluding hydrogens is 216 g/mol. The number of benzene rings is 1. The average Bonchev–Trinajstić information content (AvgIpc) is 2.67. The Morgan fingerprint density at radius 2 is 1.87 bits per heavy atom. The predicted molar refractivity (Wildman–Crippen MR) is 53.8 cm³/mol. The summed E-state index contributed by atoms with van der Waals surface area (Å²) in [5.41, 5.74) is 0.757. The van der Waals surface area contributed by atoms with Crippen molar-refractivity contribution >= 4 is 10.1 Å². The second-order valence-electron chi connectivity index (χ2n) is 2.94. The number of aromatic amines is 1. The van der Waals surface area contributed by atoms with E-state index in [2.05, 4.69) is 9.97 Å². The van der Waals surface area contributed by atoms with Crippen molar-refractivity contribution in [3.63, 3.8) is 0 Å². The van der Waals surface area contributed by atoms with Crippen molar-refractivity contribution < 1.29 is 13.0 Å². The summed E-state index contributed by atoms with van der Waals surface area (Å²) in [6.07, 6.45) is 1.08. The molecule has 0 spiro atoms. The number of imidazole rings is 1. The van der Waals surface area contributed by atoms with Gasteiger partial charge in [-0.05, 0) is 0 Å². The van der Waals surface area contributed by atoms with Gasteiger partial charge in [0.15, 0.2) is 5.03 Å². The van der Waals surface area contributed by atoms with Crippen LogP contribution in [0.2, 0.25) is 0 Å². The maximum absolute atomic E-state index is 10.8. The molecule has 0 bridgehead atoms. The van der Waals surface area contributed by atoms with Crippen molar-refractivity contribution in [3.8, 4) is 11.4 Å². The van der Waals surface area contributed by atoms with E-state index in [-0.39, 0.29) is 5.03 Å². The van der Waals surface area contributed by atoms with Crippen LogP contribution in [0.4, 0.5) is 0 Å². The van der Waals surface area contributed by atoms with Crippen molar-refractivity contribution in [2.75, 3.05) is 0 Å². The third kappa shape index (κ3) is 2.05. The van der Waals surface area contributed by atoms with E-state index in [9.17, 15) is 8.42 Å². The highest BCUT2D eigenvalue weighted by Gasteiger charge is 2.13. The van der Waals surface area contributed by atoms with Crippen molar-refractivity contribution in [3.05, 3.63) is 36.5 Å². The monoisotopic (exact) mass is 224 g/mol. The maximum Gasteiger partial charge on any atom is 0.311 e. The SMILES string of the molecule is O=S(=O)(O)c1cnc(-c2ccccc2)[nH]1. The fourth-order valence-electron chi connectivity index (χ4n) is 1.18. The molecule has 1 aromatic carbocycles. The van der Waals surface area contributed by atoms with Crippen molar-refractivity contribution in [1.82, 2.24) is 9.97 Å². The van der Waals surface area contributed by atoms with Gasteiger partial charge in [-0.15, -0.1) is 0 Å². The first kappa shape index (κ1) is 9.88. The van der Waals surface area contributed by atoms with E-state index in [4.69, 9.17) is 4.55 Å². The highest BCUT2D eigenvalue weighted by Crippen LogP contribution is 2.16. The number of hydrogen-bond acceptors (Lipinski definition) is 3. The summed E-state index contributed by atoms with van der Waals surface area (Å²) < 4.78 is 30.3. The summed E-state index contributed by atoms with van der Waals surface area (Å²) in [4.78, 5) is 6.38. The Hall–Kier alpha value is -1.66. The second-order valence-corrected chi connectivity index (χ2v) is 4.33. The molecule has 0 aliphatic carbocycles. The largest absolute Gasteiger partial charge is 0.327 e. The van der Waals surface area contributed by atoms with Gasteiger partial charge in [0, 0.05) is 5.56 Å². The molecule has 0 aliphatic heterocycles. The number of nitrogens with zero attached hydrogens (tertiary/aromatic N) is 1. The van der Waals surface area contributed by atoms with Crippen LogP contribution in [0.5, 0.6) is 0 Å². The fourth-order valence-corrected chi connectivity index (χ4v) is 1.59. The van der Waals surface area contributed by atoms with Gasteiger partial charge in [-0.1, -0.05) is 30.3 Å². The summed E-state index contributed by atoms with van der Waals surface area (Å²) in [5, 5.41) is -0.304. The molecule has 0 saturated heterocycles. The summed E-state index contributed by atoms with van der Waals surface area (Å²) >= 11 is 0. The zero-order chi connectivity index (χ0) is 10.9. The van der Waals surface area contributed by atoms with Gasteiger partial charge in [0.1, 0.15) is 5.82 Å². The molecule has 0 unspecified atom stereocenters. The van der Waals surface area contributed by atoms with Gasteiger partial charge >= 0.3 is 10.1 Å². The zero-order valence-corrected chi connectivity index (χ0v) is 8.40. The topological polar surface area (TPSA) is 83.1 Å². The molecule has 2 N–H and O–H groups in total. The maximum atomic E-state index is 10.8. The number of H-pyrrole nitrogens is 1. The minimum Gasteiger partial charge on any atom is -0.327 e. The Kier molecular flexibility index (Phi) is 2.29. The van der Waals surface area contributed by atoms with Gasteiger partial charge in [-0.25, -0.2) is 4.98 Å².